The van der Waals surface area contributed by atoms with Gasteiger partial charge in [0.15, 0.2) is 11.9 Å². The van der Waals surface area contributed by atoms with Crippen LogP contribution >= 0.6 is 0 Å². The monoisotopic (exact) mass is 366 g/mol. The fourth-order valence-corrected chi connectivity index (χ4v) is 2.95. The fraction of sp³-hybridized carbons (Fsp3) is 0.273. The third-order valence-corrected chi connectivity index (χ3v) is 4.35. The standard InChI is InChI=1S/C22H22O5/c1-5-25-22(24)15(4)26-17-10-14(3)20-18(12-17)27-19(21(20)23)11-16-9-7-6-8-13(16)2/h6-12,15H,5H2,1-4H3/b19-11-. The van der Waals surface area contributed by atoms with E-state index in [4.69, 9.17) is 14.2 Å². The largest absolute Gasteiger partial charge is 0.479 e. The number of hydrogen-bond acceptors (Lipinski definition) is 5. The number of ether oxygens (including phenoxy) is 3. The number of carbonyl (C=O) groups is 2. The van der Waals surface area contributed by atoms with E-state index in [0.29, 0.717) is 23.7 Å². The van der Waals surface area contributed by atoms with Gasteiger partial charge in [0, 0.05) is 6.07 Å². The molecular weight excluding hydrogens is 344 g/mol. The van der Waals surface area contributed by atoms with Crippen molar-refractivity contribution in [1.29, 1.82) is 0 Å². The molecule has 1 aliphatic rings. The predicted molar refractivity (Wildman–Crippen MR) is 102 cm³/mol. The number of allylic oxidation sites excluding steroid dienone is 1. The van der Waals surface area contributed by atoms with Crippen molar-refractivity contribution in [2.75, 3.05) is 6.61 Å². The van der Waals surface area contributed by atoms with Crippen LogP contribution in [-0.4, -0.2) is 24.5 Å². The van der Waals surface area contributed by atoms with Crippen LogP contribution in [0.1, 0.15) is 40.9 Å². The number of Topliss-reactive ketones (excluding diaryl/α,β-unsaturated/α-hetero) is 1. The molecule has 3 rings (SSSR count). The summed E-state index contributed by atoms with van der Waals surface area (Å²) < 4.78 is 16.4. The van der Waals surface area contributed by atoms with E-state index < -0.39 is 12.1 Å². The summed E-state index contributed by atoms with van der Waals surface area (Å²) in [6, 6.07) is 11.1. The van der Waals surface area contributed by atoms with Gasteiger partial charge in [0.05, 0.1) is 12.2 Å². The highest BCUT2D eigenvalue weighted by atomic mass is 16.6. The molecule has 27 heavy (non-hydrogen) atoms. The lowest BCUT2D eigenvalue weighted by Gasteiger charge is -2.14. The van der Waals surface area contributed by atoms with Crippen LogP contribution in [0.4, 0.5) is 0 Å². The minimum absolute atomic E-state index is 0.157. The summed E-state index contributed by atoms with van der Waals surface area (Å²) in [6.07, 6.45) is 1.00. The number of aryl methyl sites for hydroxylation is 2. The Morgan fingerprint density at radius 3 is 2.63 bits per heavy atom. The molecule has 2 aromatic rings. The zero-order chi connectivity index (χ0) is 19.6. The zero-order valence-corrected chi connectivity index (χ0v) is 15.9. The third-order valence-electron chi connectivity index (χ3n) is 4.35. The van der Waals surface area contributed by atoms with Crippen molar-refractivity contribution in [1.82, 2.24) is 0 Å². The van der Waals surface area contributed by atoms with Gasteiger partial charge in [0.25, 0.3) is 0 Å². The van der Waals surface area contributed by atoms with Gasteiger partial charge in [-0.25, -0.2) is 4.79 Å². The summed E-state index contributed by atoms with van der Waals surface area (Å²) in [7, 11) is 0. The van der Waals surface area contributed by atoms with Crippen LogP contribution in [0.3, 0.4) is 0 Å². The highest BCUT2D eigenvalue weighted by Crippen LogP contribution is 2.38. The van der Waals surface area contributed by atoms with Crippen molar-refractivity contribution >= 4 is 17.8 Å². The number of carbonyl (C=O) groups excluding carboxylic acids is 2. The van der Waals surface area contributed by atoms with Crippen LogP contribution in [0.5, 0.6) is 11.5 Å². The maximum Gasteiger partial charge on any atom is 0.347 e. The van der Waals surface area contributed by atoms with Crippen molar-refractivity contribution in [3.63, 3.8) is 0 Å². The van der Waals surface area contributed by atoms with Gasteiger partial charge in [-0.1, -0.05) is 24.3 Å². The summed E-state index contributed by atoms with van der Waals surface area (Å²) >= 11 is 0. The molecule has 0 amide bonds. The third kappa shape index (κ3) is 3.87. The highest BCUT2D eigenvalue weighted by molar-refractivity contribution is 6.15. The molecule has 1 heterocycles. The second-order valence-corrected chi connectivity index (χ2v) is 6.42. The van der Waals surface area contributed by atoms with Gasteiger partial charge in [0.2, 0.25) is 5.78 Å². The number of ketones is 1. The first-order valence-electron chi connectivity index (χ1n) is 8.88. The van der Waals surface area contributed by atoms with E-state index in [1.807, 2.05) is 38.1 Å². The number of rotatable bonds is 5. The van der Waals surface area contributed by atoms with Crippen molar-refractivity contribution in [3.05, 3.63) is 64.4 Å². The minimum atomic E-state index is -0.749. The Balaban J connectivity index is 1.87. The number of hydrogen-bond donors (Lipinski definition) is 0. The Morgan fingerprint density at radius 1 is 1.19 bits per heavy atom. The number of benzene rings is 2. The lowest BCUT2D eigenvalue weighted by Crippen LogP contribution is -2.26. The molecule has 0 saturated carbocycles. The van der Waals surface area contributed by atoms with E-state index in [2.05, 4.69) is 0 Å². The van der Waals surface area contributed by atoms with Crippen molar-refractivity contribution in [3.8, 4) is 11.5 Å². The van der Waals surface area contributed by atoms with E-state index in [0.717, 1.165) is 16.7 Å². The van der Waals surface area contributed by atoms with Gasteiger partial charge in [-0.15, -0.1) is 0 Å². The van der Waals surface area contributed by atoms with E-state index in [1.54, 1.807) is 32.1 Å². The van der Waals surface area contributed by atoms with Crippen LogP contribution in [-0.2, 0) is 9.53 Å². The van der Waals surface area contributed by atoms with Crippen molar-refractivity contribution in [2.45, 2.75) is 33.8 Å². The Bertz CT molecular complexity index is 926. The second-order valence-electron chi connectivity index (χ2n) is 6.42. The Morgan fingerprint density at radius 2 is 1.93 bits per heavy atom. The second kappa shape index (κ2) is 7.66. The van der Waals surface area contributed by atoms with Crippen LogP contribution in [0, 0.1) is 13.8 Å². The molecule has 0 bridgehead atoms. The topological polar surface area (TPSA) is 61.8 Å². The molecule has 1 atom stereocenters. The van der Waals surface area contributed by atoms with Crippen molar-refractivity contribution in [2.24, 2.45) is 0 Å². The van der Waals surface area contributed by atoms with E-state index >= 15 is 0 Å². The van der Waals surface area contributed by atoms with Gasteiger partial charge >= 0.3 is 5.97 Å². The Labute approximate surface area is 158 Å². The van der Waals surface area contributed by atoms with Crippen molar-refractivity contribution < 1.29 is 23.8 Å². The molecule has 2 aromatic carbocycles. The summed E-state index contributed by atoms with van der Waals surface area (Å²) in [4.78, 5) is 24.5. The van der Waals surface area contributed by atoms with Gasteiger partial charge in [-0.2, -0.15) is 0 Å². The fourth-order valence-electron chi connectivity index (χ4n) is 2.95. The molecule has 0 radical (unpaired) electrons. The van der Waals surface area contributed by atoms with E-state index in [9.17, 15) is 9.59 Å². The summed E-state index contributed by atoms with van der Waals surface area (Å²) in [5.41, 5.74) is 3.24. The van der Waals surface area contributed by atoms with Crippen LogP contribution in [0.15, 0.2) is 42.2 Å². The quantitative estimate of drug-likeness (QED) is 0.585. The lowest BCUT2D eigenvalue weighted by atomic mass is 10.0. The maximum absolute atomic E-state index is 12.8. The Hall–Kier alpha value is -3.08. The van der Waals surface area contributed by atoms with E-state index in [-0.39, 0.29) is 11.5 Å². The molecule has 0 aromatic heterocycles. The lowest BCUT2D eigenvalue weighted by molar-refractivity contribution is -0.150. The van der Waals surface area contributed by atoms with Crippen LogP contribution in [0.25, 0.3) is 6.08 Å². The molecule has 5 heteroatoms. The highest BCUT2D eigenvalue weighted by Gasteiger charge is 2.30. The molecule has 1 aliphatic heterocycles. The molecule has 0 spiro atoms. The number of fused-ring (bicyclic) bond motifs is 1. The summed E-state index contributed by atoms with van der Waals surface area (Å²) in [5, 5.41) is 0. The molecule has 0 fully saturated rings. The zero-order valence-electron chi connectivity index (χ0n) is 15.9. The molecule has 0 N–H and O–H groups in total. The maximum atomic E-state index is 12.8. The van der Waals surface area contributed by atoms with Crippen LogP contribution < -0.4 is 9.47 Å². The molecule has 0 aliphatic carbocycles. The first-order valence-corrected chi connectivity index (χ1v) is 8.88. The summed E-state index contributed by atoms with van der Waals surface area (Å²) in [5.74, 6) is 0.573. The molecule has 0 saturated heterocycles. The summed E-state index contributed by atoms with van der Waals surface area (Å²) in [6.45, 7) is 7.45. The first kappa shape index (κ1) is 18.7. The SMILES string of the molecule is CCOC(=O)C(C)Oc1cc(C)c2c(c1)O/C(=C\c1ccccc1C)C2=O. The molecule has 140 valence electrons. The van der Waals surface area contributed by atoms with Gasteiger partial charge < -0.3 is 14.2 Å². The smallest absolute Gasteiger partial charge is 0.347 e. The van der Waals surface area contributed by atoms with Gasteiger partial charge in [-0.3, -0.25) is 4.79 Å². The first-order chi connectivity index (χ1) is 12.9. The average molecular weight is 366 g/mol. The predicted octanol–water partition coefficient (Wildman–Crippen LogP) is 4.25. The molecule has 5 nitrogen and oxygen atoms in total. The minimum Gasteiger partial charge on any atom is -0.479 e. The normalized spacial score (nSPS) is 15.3. The number of esters is 1. The average Bonchev–Trinajstić information content (AvgIpc) is 2.93. The Kier molecular flexibility index (Phi) is 5.31. The van der Waals surface area contributed by atoms with Gasteiger partial charge in [0.1, 0.15) is 11.5 Å². The van der Waals surface area contributed by atoms with Crippen LogP contribution in [0.2, 0.25) is 0 Å². The van der Waals surface area contributed by atoms with E-state index in [1.165, 1.54) is 0 Å². The molecule has 1 unspecified atom stereocenters. The van der Waals surface area contributed by atoms with Gasteiger partial charge in [-0.05, 0) is 56.5 Å². The molecular formula is C22H22O5.